The Balaban J connectivity index is 1.90. The zero-order chi connectivity index (χ0) is 17.2. The molecule has 0 saturated heterocycles. The van der Waals surface area contributed by atoms with E-state index in [9.17, 15) is 8.42 Å². The van der Waals surface area contributed by atoms with Crippen LogP contribution >= 0.6 is 27.7 Å². The predicted molar refractivity (Wildman–Crippen MR) is 104 cm³/mol. The van der Waals surface area contributed by atoms with Gasteiger partial charge in [0.1, 0.15) is 4.90 Å². The van der Waals surface area contributed by atoms with Gasteiger partial charge in [0.15, 0.2) is 5.17 Å². The summed E-state index contributed by atoms with van der Waals surface area (Å²) in [7, 11) is -3.64. The van der Waals surface area contributed by atoms with Crippen LogP contribution in [-0.2, 0) is 15.8 Å². The second-order valence-electron chi connectivity index (χ2n) is 5.38. The third-order valence-electron chi connectivity index (χ3n) is 3.59. The van der Waals surface area contributed by atoms with Crippen molar-refractivity contribution in [1.29, 1.82) is 0 Å². The van der Waals surface area contributed by atoms with E-state index < -0.39 is 10.0 Å². The number of hydrogen-bond acceptors (Lipinski definition) is 4. The van der Waals surface area contributed by atoms with E-state index in [-0.39, 0.29) is 4.90 Å². The molecular weight excluding hydrogens is 408 g/mol. The van der Waals surface area contributed by atoms with E-state index in [0.29, 0.717) is 16.6 Å². The van der Waals surface area contributed by atoms with Gasteiger partial charge in [-0.25, -0.2) is 0 Å². The molecule has 2 aromatic rings. The smallest absolute Gasteiger partial charge is 0.286 e. The molecule has 0 radical (unpaired) electrons. The standard InChI is InChI=1S/C17H17BrN2O2S2/c1-2-11-20-15-5-3-4-6-16(15)24(21,22)19-17(20)23-12-13-7-9-14(18)10-8-13/h3-10H,2,11-12H2,1H3. The van der Waals surface area contributed by atoms with Crippen molar-refractivity contribution in [2.24, 2.45) is 4.40 Å². The van der Waals surface area contributed by atoms with Crippen LogP contribution in [0.5, 0.6) is 0 Å². The summed E-state index contributed by atoms with van der Waals surface area (Å²) in [4.78, 5) is 2.28. The van der Waals surface area contributed by atoms with Crippen molar-refractivity contribution in [1.82, 2.24) is 0 Å². The lowest BCUT2D eigenvalue weighted by Gasteiger charge is -2.30. The van der Waals surface area contributed by atoms with Crippen molar-refractivity contribution in [2.45, 2.75) is 24.0 Å². The zero-order valence-corrected chi connectivity index (χ0v) is 16.4. The van der Waals surface area contributed by atoms with Crippen LogP contribution in [0.1, 0.15) is 18.9 Å². The molecule has 3 rings (SSSR count). The second-order valence-corrected chi connectivity index (χ2v) is 8.81. The molecular formula is C17H17BrN2O2S2. The second kappa shape index (κ2) is 7.29. The van der Waals surface area contributed by atoms with Gasteiger partial charge in [0.25, 0.3) is 10.0 Å². The molecule has 126 valence electrons. The van der Waals surface area contributed by atoms with Crippen molar-refractivity contribution in [3.8, 4) is 0 Å². The number of amidine groups is 1. The molecule has 0 bridgehead atoms. The number of fused-ring (bicyclic) bond motifs is 1. The first-order chi connectivity index (χ1) is 11.5. The lowest BCUT2D eigenvalue weighted by molar-refractivity contribution is 0.597. The number of sulfonamides is 1. The highest BCUT2D eigenvalue weighted by Gasteiger charge is 2.30. The highest BCUT2D eigenvalue weighted by Crippen LogP contribution is 2.34. The first-order valence-electron chi connectivity index (χ1n) is 7.60. The predicted octanol–water partition coefficient (Wildman–Crippen LogP) is 4.66. The molecule has 0 unspecified atom stereocenters. The molecule has 0 N–H and O–H groups in total. The van der Waals surface area contributed by atoms with E-state index >= 15 is 0 Å². The number of rotatable bonds is 4. The van der Waals surface area contributed by atoms with Crippen molar-refractivity contribution in [2.75, 3.05) is 11.4 Å². The first-order valence-corrected chi connectivity index (χ1v) is 10.8. The maximum Gasteiger partial charge on any atom is 0.286 e. The molecule has 24 heavy (non-hydrogen) atoms. The first kappa shape index (κ1) is 17.5. The van der Waals surface area contributed by atoms with Crippen molar-refractivity contribution in [3.63, 3.8) is 0 Å². The summed E-state index contributed by atoms with van der Waals surface area (Å²) in [5.41, 5.74) is 1.84. The normalized spacial score (nSPS) is 15.8. The van der Waals surface area contributed by atoms with Crippen LogP contribution in [0.4, 0.5) is 5.69 Å². The Bertz CT molecular complexity index is 864. The molecule has 0 fully saturated rings. The molecule has 0 aliphatic carbocycles. The largest absolute Gasteiger partial charge is 0.319 e. The van der Waals surface area contributed by atoms with Gasteiger partial charge in [0, 0.05) is 16.8 Å². The summed E-state index contributed by atoms with van der Waals surface area (Å²) in [5, 5.41) is 0.540. The van der Waals surface area contributed by atoms with Gasteiger partial charge < -0.3 is 4.90 Å². The summed E-state index contributed by atoms with van der Waals surface area (Å²) in [5.74, 6) is 0.671. The summed E-state index contributed by atoms with van der Waals surface area (Å²) in [6, 6.07) is 15.1. The Kier molecular flexibility index (Phi) is 5.32. The summed E-state index contributed by atoms with van der Waals surface area (Å²) in [6.07, 6.45) is 0.909. The van der Waals surface area contributed by atoms with Crippen LogP contribution in [0, 0.1) is 0 Å². The van der Waals surface area contributed by atoms with E-state index in [4.69, 9.17) is 0 Å². The topological polar surface area (TPSA) is 49.7 Å². The fourth-order valence-corrected chi connectivity index (χ4v) is 5.17. The fourth-order valence-electron chi connectivity index (χ4n) is 2.48. The number of nitrogens with zero attached hydrogens (tertiary/aromatic N) is 2. The molecule has 0 saturated carbocycles. The number of benzene rings is 2. The van der Waals surface area contributed by atoms with Crippen molar-refractivity contribution in [3.05, 3.63) is 58.6 Å². The number of hydrogen-bond donors (Lipinski definition) is 0. The molecule has 1 aliphatic rings. The molecule has 1 aliphatic heterocycles. The van der Waals surface area contributed by atoms with Crippen LogP contribution in [0.15, 0.2) is 62.3 Å². The lowest BCUT2D eigenvalue weighted by atomic mass is 10.2. The number of halogens is 1. The Morgan fingerprint density at radius 3 is 2.54 bits per heavy atom. The number of thioether (sulfide) groups is 1. The Labute approximate surface area is 155 Å². The Morgan fingerprint density at radius 2 is 1.83 bits per heavy atom. The third kappa shape index (κ3) is 3.68. The van der Waals surface area contributed by atoms with Crippen LogP contribution in [0.3, 0.4) is 0 Å². The van der Waals surface area contributed by atoms with Gasteiger partial charge in [-0.05, 0) is 36.2 Å². The number of para-hydroxylation sites is 1. The zero-order valence-electron chi connectivity index (χ0n) is 13.1. The average Bonchev–Trinajstić information content (AvgIpc) is 2.57. The third-order valence-corrected chi connectivity index (χ3v) is 6.60. The van der Waals surface area contributed by atoms with Gasteiger partial charge in [-0.3, -0.25) is 0 Å². The van der Waals surface area contributed by atoms with E-state index in [1.807, 2.05) is 41.3 Å². The summed E-state index contributed by atoms with van der Waals surface area (Å²) >= 11 is 4.87. The SMILES string of the molecule is CCCN1C(SCc2ccc(Br)cc2)=NS(=O)(=O)c2ccccc21. The lowest BCUT2D eigenvalue weighted by Crippen LogP contribution is -2.34. The molecule has 0 aromatic heterocycles. The van der Waals surface area contributed by atoms with E-state index in [1.54, 1.807) is 12.1 Å². The fraction of sp³-hybridized carbons (Fsp3) is 0.235. The monoisotopic (exact) mass is 424 g/mol. The Morgan fingerprint density at radius 1 is 1.12 bits per heavy atom. The van der Waals surface area contributed by atoms with Gasteiger partial charge in [0.05, 0.1) is 5.69 Å². The minimum absolute atomic E-state index is 0.284. The maximum atomic E-state index is 12.5. The highest BCUT2D eigenvalue weighted by molar-refractivity contribution is 9.10. The summed E-state index contributed by atoms with van der Waals surface area (Å²) in [6.45, 7) is 2.81. The quantitative estimate of drug-likeness (QED) is 0.715. The van der Waals surface area contributed by atoms with Gasteiger partial charge in [0.2, 0.25) is 0 Å². The average molecular weight is 425 g/mol. The van der Waals surface area contributed by atoms with Crippen LogP contribution in [-0.4, -0.2) is 20.1 Å². The van der Waals surface area contributed by atoms with Crippen molar-refractivity contribution < 1.29 is 8.42 Å². The molecule has 7 heteroatoms. The number of anilines is 1. The van der Waals surface area contributed by atoms with E-state index in [0.717, 1.165) is 23.0 Å². The molecule has 2 aromatic carbocycles. The summed E-state index contributed by atoms with van der Waals surface area (Å²) < 4.78 is 30.0. The molecule has 0 amide bonds. The van der Waals surface area contributed by atoms with Gasteiger partial charge in [-0.2, -0.15) is 8.42 Å². The van der Waals surface area contributed by atoms with Crippen molar-refractivity contribution >= 4 is 48.6 Å². The molecule has 4 nitrogen and oxygen atoms in total. The maximum absolute atomic E-state index is 12.5. The highest BCUT2D eigenvalue weighted by atomic mass is 79.9. The van der Waals surface area contributed by atoms with E-state index in [2.05, 4.69) is 27.3 Å². The van der Waals surface area contributed by atoms with Gasteiger partial charge in [-0.15, -0.1) is 4.40 Å². The van der Waals surface area contributed by atoms with Crippen LogP contribution in [0.25, 0.3) is 0 Å². The molecule has 1 heterocycles. The molecule has 0 atom stereocenters. The van der Waals surface area contributed by atoms with E-state index in [1.165, 1.54) is 11.8 Å². The van der Waals surface area contributed by atoms with Gasteiger partial charge in [-0.1, -0.05) is 58.9 Å². The molecule has 0 spiro atoms. The van der Waals surface area contributed by atoms with Gasteiger partial charge >= 0.3 is 0 Å². The van der Waals surface area contributed by atoms with Crippen LogP contribution in [0.2, 0.25) is 0 Å². The van der Waals surface area contributed by atoms with Crippen LogP contribution < -0.4 is 4.90 Å². The minimum atomic E-state index is -3.64. The minimum Gasteiger partial charge on any atom is -0.319 e. The Hall–Kier alpha value is -1.31.